The number of carbonyl (C=O) groups excluding carboxylic acids is 2. The highest BCUT2D eigenvalue weighted by Gasteiger charge is 2.38. The number of likely N-dealkylation sites (tertiary alicyclic amines) is 1. The van der Waals surface area contributed by atoms with Gasteiger partial charge in [0.25, 0.3) is 0 Å². The van der Waals surface area contributed by atoms with Crippen LogP contribution in [0.4, 0.5) is 4.79 Å². The van der Waals surface area contributed by atoms with Gasteiger partial charge in [0.05, 0.1) is 13.0 Å². The molecule has 1 atom stereocenters. The van der Waals surface area contributed by atoms with Gasteiger partial charge in [-0.3, -0.25) is 9.59 Å². The zero-order valence-electron chi connectivity index (χ0n) is 7.02. The molecule has 1 unspecified atom stereocenters. The van der Waals surface area contributed by atoms with Crippen LogP contribution in [0.2, 0.25) is 0 Å². The number of ether oxygens (including phenoxy) is 1. The standard InChI is InChI=1S/C7H9NO5/c1-13-6(10)4-2-5(9)8(3-4)7(11)12/h4H,2-3H2,1H3,(H,11,12). The van der Waals surface area contributed by atoms with E-state index in [-0.39, 0.29) is 13.0 Å². The first kappa shape index (κ1) is 9.50. The molecule has 0 aromatic rings. The maximum Gasteiger partial charge on any atom is 0.414 e. The molecule has 1 saturated heterocycles. The second kappa shape index (κ2) is 3.42. The van der Waals surface area contributed by atoms with Crippen LogP contribution < -0.4 is 0 Å². The number of methoxy groups -OCH3 is 1. The maximum absolute atomic E-state index is 11.0. The molecular formula is C7H9NO5. The molecule has 0 saturated carbocycles. The van der Waals surface area contributed by atoms with Crippen molar-refractivity contribution in [1.82, 2.24) is 4.90 Å². The second-order valence-electron chi connectivity index (χ2n) is 2.71. The Kier molecular flexibility index (Phi) is 2.50. The lowest BCUT2D eigenvalue weighted by Crippen LogP contribution is -2.31. The van der Waals surface area contributed by atoms with Crippen LogP contribution in [-0.2, 0) is 14.3 Å². The summed E-state index contributed by atoms with van der Waals surface area (Å²) in [6.07, 6.45) is -1.41. The lowest BCUT2D eigenvalue weighted by atomic mass is 10.1. The smallest absolute Gasteiger partial charge is 0.414 e. The van der Waals surface area contributed by atoms with Crippen LogP contribution in [0.5, 0.6) is 0 Å². The Hall–Kier alpha value is -1.59. The summed E-state index contributed by atoms with van der Waals surface area (Å²) in [4.78, 5) is 33.0. The Balaban J connectivity index is 2.65. The monoisotopic (exact) mass is 187 g/mol. The van der Waals surface area contributed by atoms with Crippen molar-refractivity contribution in [3.63, 3.8) is 0 Å². The molecule has 1 fully saturated rings. The minimum Gasteiger partial charge on any atom is -0.469 e. The van der Waals surface area contributed by atoms with Gasteiger partial charge in [-0.2, -0.15) is 0 Å². The molecule has 1 heterocycles. The SMILES string of the molecule is COC(=O)C1CC(=O)N(C(=O)O)C1. The van der Waals surface area contributed by atoms with Crippen molar-refractivity contribution < 1.29 is 24.2 Å². The summed E-state index contributed by atoms with van der Waals surface area (Å²) in [5.41, 5.74) is 0. The minimum atomic E-state index is -1.32. The molecule has 2 amide bonds. The molecule has 0 spiro atoms. The van der Waals surface area contributed by atoms with Gasteiger partial charge in [-0.1, -0.05) is 0 Å². The average Bonchev–Trinajstić information content (AvgIpc) is 2.46. The number of esters is 1. The summed E-state index contributed by atoms with van der Waals surface area (Å²) in [6.45, 7) is -0.0964. The van der Waals surface area contributed by atoms with E-state index < -0.39 is 23.9 Å². The van der Waals surface area contributed by atoms with Crippen molar-refractivity contribution in [2.45, 2.75) is 6.42 Å². The van der Waals surface area contributed by atoms with Crippen LogP contribution in [-0.4, -0.2) is 41.6 Å². The highest BCUT2D eigenvalue weighted by atomic mass is 16.5. The lowest BCUT2D eigenvalue weighted by Gasteiger charge is -2.08. The summed E-state index contributed by atoms with van der Waals surface area (Å²) >= 11 is 0. The molecule has 1 aliphatic heterocycles. The van der Waals surface area contributed by atoms with Gasteiger partial charge in [-0.25, -0.2) is 9.69 Å². The highest BCUT2D eigenvalue weighted by molar-refractivity contribution is 5.96. The van der Waals surface area contributed by atoms with Crippen molar-refractivity contribution in [3.8, 4) is 0 Å². The van der Waals surface area contributed by atoms with Gasteiger partial charge < -0.3 is 9.84 Å². The molecule has 1 N–H and O–H groups in total. The normalized spacial score (nSPS) is 21.8. The molecule has 0 bridgehead atoms. The fourth-order valence-corrected chi connectivity index (χ4v) is 1.22. The van der Waals surface area contributed by atoms with Crippen LogP contribution in [0.1, 0.15) is 6.42 Å². The van der Waals surface area contributed by atoms with Crippen molar-refractivity contribution >= 4 is 18.0 Å². The molecule has 72 valence electrons. The van der Waals surface area contributed by atoms with Crippen molar-refractivity contribution in [1.29, 1.82) is 0 Å². The van der Waals surface area contributed by atoms with Gasteiger partial charge in [0, 0.05) is 13.0 Å². The lowest BCUT2D eigenvalue weighted by molar-refractivity contribution is -0.145. The van der Waals surface area contributed by atoms with E-state index in [1.54, 1.807) is 0 Å². The van der Waals surface area contributed by atoms with Gasteiger partial charge in [-0.15, -0.1) is 0 Å². The van der Waals surface area contributed by atoms with E-state index in [1.807, 2.05) is 0 Å². The van der Waals surface area contributed by atoms with Crippen LogP contribution in [0.25, 0.3) is 0 Å². The third kappa shape index (κ3) is 1.77. The van der Waals surface area contributed by atoms with E-state index in [1.165, 1.54) is 7.11 Å². The molecule has 0 radical (unpaired) electrons. The summed E-state index contributed by atoms with van der Waals surface area (Å²) in [7, 11) is 1.20. The van der Waals surface area contributed by atoms with Gasteiger partial charge in [0.1, 0.15) is 0 Å². The number of imide groups is 1. The van der Waals surface area contributed by atoms with Crippen molar-refractivity contribution in [2.75, 3.05) is 13.7 Å². The summed E-state index contributed by atoms with van der Waals surface area (Å²) in [5, 5.41) is 8.51. The number of carbonyl (C=O) groups is 3. The van der Waals surface area contributed by atoms with E-state index in [0.29, 0.717) is 4.90 Å². The van der Waals surface area contributed by atoms with Crippen molar-refractivity contribution in [3.05, 3.63) is 0 Å². The molecule has 13 heavy (non-hydrogen) atoms. The van der Waals surface area contributed by atoms with Gasteiger partial charge in [-0.05, 0) is 0 Å². The summed E-state index contributed by atoms with van der Waals surface area (Å²) in [5.74, 6) is -1.74. The van der Waals surface area contributed by atoms with Crippen molar-refractivity contribution in [2.24, 2.45) is 5.92 Å². The predicted molar refractivity (Wildman–Crippen MR) is 39.9 cm³/mol. The topological polar surface area (TPSA) is 83.9 Å². The van der Waals surface area contributed by atoms with Gasteiger partial charge >= 0.3 is 12.1 Å². The number of rotatable bonds is 1. The van der Waals surface area contributed by atoms with E-state index in [4.69, 9.17) is 5.11 Å². The van der Waals surface area contributed by atoms with E-state index in [0.717, 1.165) is 0 Å². The molecule has 6 nitrogen and oxygen atoms in total. The minimum absolute atomic E-state index is 0.0844. The molecular weight excluding hydrogens is 178 g/mol. The quantitative estimate of drug-likeness (QED) is 0.569. The first-order chi connectivity index (χ1) is 6.06. The Morgan fingerprint density at radius 1 is 1.62 bits per heavy atom. The molecule has 1 rings (SSSR count). The van der Waals surface area contributed by atoms with Gasteiger partial charge in [0.2, 0.25) is 5.91 Å². The number of hydrogen-bond acceptors (Lipinski definition) is 4. The summed E-state index contributed by atoms with van der Waals surface area (Å²) in [6, 6.07) is 0. The first-order valence-electron chi connectivity index (χ1n) is 3.67. The second-order valence-corrected chi connectivity index (χ2v) is 2.71. The van der Waals surface area contributed by atoms with Gasteiger partial charge in [0.15, 0.2) is 0 Å². The Morgan fingerprint density at radius 3 is 2.62 bits per heavy atom. The number of hydrogen-bond donors (Lipinski definition) is 1. The zero-order valence-corrected chi connectivity index (χ0v) is 7.02. The largest absolute Gasteiger partial charge is 0.469 e. The molecule has 6 heteroatoms. The Labute approximate surface area is 74.1 Å². The Bertz CT molecular complexity index is 262. The zero-order chi connectivity index (χ0) is 10.0. The average molecular weight is 187 g/mol. The van der Waals surface area contributed by atoms with E-state index >= 15 is 0 Å². The number of amides is 2. The van der Waals surface area contributed by atoms with Crippen LogP contribution in [0.3, 0.4) is 0 Å². The van der Waals surface area contributed by atoms with Crippen LogP contribution in [0.15, 0.2) is 0 Å². The van der Waals surface area contributed by atoms with Crippen LogP contribution >= 0.6 is 0 Å². The van der Waals surface area contributed by atoms with E-state index in [2.05, 4.69) is 4.74 Å². The maximum atomic E-state index is 11.0. The molecule has 1 aliphatic rings. The number of carboxylic acid groups (broad SMARTS) is 1. The van der Waals surface area contributed by atoms with E-state index in [9.17, 15) is 14.4 Å². The summed E-state index contributed by atoms with van der Waals surface area (Å²) < 4.78 is 4.40. The van der Waals surface area contributed by atoms with Crippen LogP contribution in [0, 0.1) is 5.92 Å². The highest BCUT2D eigenvalue weighted by Crippen LogP contribution is 2.18. The molecule has 0 aromatic heterocycles. The Morgan fingerprint density at radius 2 is 2.23 bits per heavy atom. The number of nitrogens with zero attached hydrogens (tertiary/aromatic N) is 1. The fourth-order valence-electron chi connectivity index (χ4n) is 1.22. The predicted octanol–water partition coefficient (Wildman–Crippen LogP) is -0.314. The molecule has 0 aliphatic carbocycles. The first-order valence-corrected chi connectivity index (χ1v) is 3.67. The third-order valence-electron chi connectivity index (χ3n) is 1.89. The third-order valence-corrected chi connectivity index (χ3v) is 1.89. The fraction of sp³-hybridized carbons (Fsp3) is 0.571. The molecule has 0 aromatic carbocycles.